The van der Waals surface area contributed by atoms with Crippen LogP contribution in [-0.2, 0) is 4.74 Å². The largest absolute Gasteiger partial charge is 0.461 e. The van der Waals surface area contributed by atoms with Gasteiger partial charge < -0.3 is 19.0 Å². The Morgan fingerprint density at radius 1 is 1.32 bits per heavy atom. The summed E-state index contributed by atoms with van der Waals surface area (Å²) in [6, 6.07) is 5.42. The van der Waals surface area contributed by atoms with Crippen molar-refractivity contribution in [1.29, 1.82) is 0 Å². The van der Waals surface area contributed by atoms with Gasteiger partial charge in [0, 0.05) is 31.7 Å². The zero-order valence-corrected chi connectivity index (χ0v) is 14.7. The van der Waals surface area contributed by atoms with E-state index in [2.05, 4.69) is 29.2 Å². The zero-order valence-electron chi connectivity index (χ0n) is 14.7. The summed E-state index contributed by atoms with van der Waals surface area (Å²) >= 11 is 0. The minimum absolute atomic E-state index is 0.233. The predicted octanol–water partition coefficient (Wildman–Crippen LogP) is 2.41. The second kappa shape index (κ2) is 8.31. The Bertz CT molecular complexity index is 660. The summed E-state index contributed by atoms with van der Waals surface area (Å²) in [6.45, 7) is 8.28. The third-order valence-corrected chi connectivity index (χ3v) is 4.31. The van der Waals surface area contributed by atoms with Gasteiger partial charge in [-0.3, -0.25) is 9.69 Å². The molecule has 1 N–H and O–H groups in total. The van der Waals surface area contributed by atoms with Crippen LogP contribution in [0.3, 0.4) is 0 Å². The van der Waals surface area contributed by atoms with Gasteiger partial charge in [0.2, 0.25) is 5.76 Å². The number of carbonyl (C=O) groups is 1. The monoisotopic (exact) mass is 347 g/mol. The minimum atomic E-state index is -0.233. The Hall–Kier alpha value is -2.12. The molecule has 1 aliphatic rings. The molecule has 0 aromatic carbocycles. The maximum absolute atomic E-state index is 12.4. The number of aromatic nitrogens is 1. The van der Waals surface area contributed by atoms with E-state index in [9.17, 15) is 4.79 Å². The Kier molecular flexibility index (Phi) is 5.88. The van der Waals surface area contributed by atoms with Crippen LogP contribution in [0.5, 0.6) is 0 Å². The van der Waals surface area contributed by atoms with Gasteiger partial charge in [0.05, 0.1) is 19.5 Å². The van der Waals surface area contributed by atoms with Gasteiger partial charge in [-0.05, 0) is 24.5 Å². The lowest BCUT2D eigenvalue weighted by molar-refractivity contribution is 0.0124. The maximum atomic E-state index is 12.4. The molecule has 0 spiro atoms. The summed E-state index contributed by atoms with van der Waals surface area (Å²) in [5.41, 5.74) is 0.261. The molecule has 7 nitrogen and oxygen atoms in total. The van der Waals surface area contributed by atoms with E-state index in [0.29, 0.717) is 30.0 Å². The van der Waals surface area contributed by atoms with Crippen LogP contribution in [0.2, 0.25) is 0 Å². The van der Waals surface area contributed by atoms with Gasteiger partial charge in [-0.15, -0.1) is 0 Å². The number of hydrogen-bond donors (Lipinski definition) is 1. The van der Waals surface area contributed by atoms with Gasteiger partial charge in [0.25, 0.3) is 5.91 Å². The van der Waals surface area contributed by atoms with Crippen molar-refractivity contribution in [3.63, 3.8) is 0 Å². The molecule has 0 radical (unpaired) electrons. The minimum Gasteiger partial charge on any atom is -0.461 e. The smallest absolute Gasteiger partial charge is 0.273 e. The molecule has 2 aromatic heterocycles. The van der Waals surface area contributed by atoms with Crippen molar-refractivity contribution in [2.24, 2.45) is 5.92 Å². The van der Waals surface area contributed by atoms with Gasteiger partial charge >= 0.3 is 0 Å². The van der Waals surface area contributed by atoms with Crippen molar-refractivity contribution in [1.82, 2.24) is 15.4 Å². The number of amides is 1. The number of ether oxygens (including phenoxy) is 1. The second-order valence-corrected chi connectivity index (χ2v) is 6.70. The second-order valence-electron chi connectivity index (χ2n) is 6.70. The number of hydrogen-bond acceptors (Lipinski definition) is 6. The molecule has 136 valence electrons. The molecule has 25 heavy (non-hydrogen) atoms. The molecular formula is C18H25N3O4. The molecule has 1 aliphatic heterocycles. The Morgan fingerprint density at radius 2 is 2.12 bits per heavy atom. The summed E-state index contributed by atoms with van der Waals surface area (Å²) in [6.07, 6.45) is 2.58. The van der Waals surface area contributed by atoms with E-state index in [1.165, 1.54) is 0 Å². The van der Waals surface area contributed by atoms with Crippen LogP contribution in [0.1, 0.15) is 30.8 Å². The van der Waals surface area contributed by atoms with Crippen molar-refractivity contribution in [2.45, 2.75) is 26.3 Å². The first-order valence-corrected chi connectivity index (χ1v) is 8.74. The number of rotatable bonds is 7. The van der Waals surface area contributed by atoms with Crippen LogP contribution in [-0.4, -0.2) is 54.9 Å². The lowest BCUT2D eigenvalue weighted by atomic mass is 10.0. The van der Waals surface area contributed by atoms with Crippen molar-refractivity contribution < 1.29 is 18.5 Å². The molecule has 0 aliphatic carbocycles. The topological polar surface area (TPSA) is 80.7 Å². The zero-order chi connectivity index (χ0) is 17.6. The fourth-order valence-corrected chi connectivity index (χ4v) is 3.07. The molecule has 0 bridgehead atoms. The van der Waals surface area contributed by atoms with Gasteiger partial charge in [-0.25, -0.2) is 0 Å². The number of nitrogens with one attached hydrogen (secondary N) is 1. The normalized spacial score (nSPS) is 16.9. The lowest BCUT2D eigenvalue weighted by Crippen LogP contribution is -2.49. The molecule has 7 heteroatoms. The molecule has 1 unspecified atom stereocenters. The third kappa shape index (κ3) is 4.70. The van der Waals surface area contributed by atoms with Gasteiger partial charge in [0.15, 0.2) is 11.5 Å². The molecule has 1 amide bonds. The van der Waals surface area contributed by atoms with Crippen molar-refractivity contribution in [3.05, 3.63) is 30.2 Å². The van der Waals surface area contributed by atoms with E-state index in [1.807, 2.05) is 0 Å². The predicted molar refractivity (Wildman–Crippen MR) is 92.2 cm³/mol. The average molecular weight is 347 g/mol. The molecule has 1 saturated heterocycles. The number of furan rings is 1. The van der Waals surface area contributed by atoms with Crippen LogP contribution in [0.4, 0.5) is 0 Å². The average Bonchev–Trinajstić information content (AvgIpc) is 3.29. The van der Waals surface area contributed by atoms with Crippen LogP contribution >= 0.6 is 0 Å². The quantitative estimate of drug-likeness (QED) is 0.828. The summed E-state index contributed by atoms with van der Waals surface area (Å²) in [4.78, 5) is 14.8. The summed E-state index contributed by atoms with van der Waals surface area (Å²) in [7, 11) is 0. The Labute approximate surface area is 147 Å². The first-order valence-electron chi connectivity index (χ1n) is 8.74. The number of carbonyl (C=O) groups excluding carboxylic acids is 1. The molecule has 1 atom stereocenters. The van der Waals surface area contributed by atoms with E-state index < -0.39 is 0 Å². The fraction of sp³-hybridized carbons (Fsp3) is 0.556. The van der Waals surface area contributed by atoms with E-state index in [0.717, 1.165) is 32.7 Å². The number of morpholine rings is 1. The fourth-order valence-electron chi connectivity index (χ4n) is 3.07. The first-order chi connectivity index (χ1) is 12.1. The molecular weight excluding hydrogens is 322 g/mol. The van der Waals surface area contributed by atoms with Crippen molar-refractivity contribution in [3.8, 4) is 11.5 Å². The van der Waals surface area contributed by atoms with Crippen molar-refractivity contribution in [2.75, 3.05) is 32.8 Å². The van der Waals surface area contributed by atoms with Crippen molar-refractivity contribution >= 4 is 5.91 Å². The summed E-state index contributed by atoms with van der Waals surface area (Å²) in [5, 5.41) is 6.83. The van der Waals surface area contributed by atoms with E-state index in [-0.39, 0.29) is 11.6 Å². The number of nitrogens with zero attached hydrogens (tertiary/aromatic N) is 2. The highest BCUT2D eigenvalue weighted by Crippen LogP contribution is 2.20. The van der Waals surface area contributed by atoms with Crippen LogP contribution in [0, 0.1) is 5.92 Å². The van der Waals surface area contributed by atoms with Gasteiger partial charge in [-0.1, -0.05) is 19.0 Å². The molecule has 2 aromatic rings. The van der Waals surface area contributed by atoms with Crippen LogP contribution in [0.25, 0.3) is 11.5 Å². The maximum Gasteiger partial charge on any atom is 0.273 e. The highest BCUT2D eigenvalue weighted by atomic mass is 16.5. The highest BCUT2D eigenvalue weighted by molar-refractivity contribution is 5.92. The molecule has 1 fully saturated rings. The molecule has 3 heterocycles. The van der Waals surface area contributed by atoms with E-state index in [4.69, 9.17) is 13.7 Å². The molecule has 3 rings (SSSR count). The lowest BCUT2D eigenvalue weighted by Gasteiger charge is -2.35. The van der Waals surface area contributed by atoms with Crippen LogP contribution < -0.4 is 5.32 Å². The highest BCUT2D eigenvalue weighted by Gasteiger charge is 2.23. The van der Waals surface area contributed by atoms with Gasteiger partial charge in [0.1, 0.15) is 0 Å². The standard InChI is InChI=1S/C18H25N3O4/c1-13(2)10-14(21-5-8-23-9-6-21)12-19-18(22)15-11-17(25-20-15)16-4-3-7-24-16/h3-4,7,11,13-14H,5-6,8-10,12H2,1-2H3,(H,19,22). The van der Waals surface area contributed by atoms with Gasteiger partial charge in [-0.2, -0.15) is 0 Å². The van der Waals surface area contributed by atoms with E-state index in [1.54, 1.807) is 24.5 Å². The summed E-state index contributed by atoms with van der Waals surface area (Å²) in [5.74, 6) is 1.32. The first kappa shape index (κ1) is 17.7. The Balaban J connectivity index is 1.59. The molecule has 0 saturated carbocycles. The van der Waals surface area contributed by atoms with Crippen LogP contribution in [0.15, 0.2) is 33.4 Å². The van der Waals surface area contributed by atoms with E-state index >= 15 is 0 Å². The third-order valence-electron chi connectivity index (χ3n) is 4.31. The Morgan fingerprint density at radius 3 is 2.80 bits per heavy atom. The SMILES string of the molecule is CC(C)CC(CNC(=O)c1cc(-c2ccco2)on1)N1CCOCC1. The summed E-state index contributed by atoms with van der Waals surface area (Å²) < 4.78 is 15.9.